The second kappa shape index (κ2) is 8.84. The molecule has 0 radical (unpaired) electrons. The van der Waals surface area contributed by atoms with Gasteiger partial charge in [0.1, 0.15) is 0 Å². The van der Waals surface area contributed by atoms with Crippen molar-refractivity contribution in [2.45, 2.75) is 19.3 Å². The predicted octanol–water partition coefficient (Wildman–Crippen LogP) is 5.87. The van der Waals surface area contributed by atoms with E-state index >= 15 is 0 Å². The normalized spacial score (nSPS) is 11.8. The molecule has 4 heteroatoms. The zero-order valence-electron chi connectivity index (χ0n) is 17.2. The highest BCUT2D eigenvalue weighted by molar-refractivity contribution is 5.97. The summed E-state index contributed by atoms with van der Waals surface area (Å²) < 4.78 is 0. The molecule has 0 fully saturated rings. The molecule has 0 bridgehead atoms. The van der Waals surface area contributed by atoms with Crippen molar-refractivity contribution < 1.29 is 14.7 Å². The lowest BCUT2D eigenvalue weighted by Gasteiger charge is -2.16. The molecule has 2 N–H and O–H groups in total. The molecule has 0 aliphatic heterocycles. The molecule has 0 heterocycles. The summed E-state index contributed by atoms with van der Waals surface area (Å²) in [5.74, 6) is -1.39. The monoisotopic (exact) mass is 409 g/mol. The highest BCUT2D eigenvalue weighted by atomic mass is 16.4. The molecule has 154 valence electrons. The quantitative estimate of drug-likeness (QED) is 0.418. The Morgan fingerprint density at radius 3 is 2.23 bits per heavy atom. The summed E-state index contributed by atoms with van der Waals surface area (Å²) in [6.45, 7) is 1.89. The van der Waals surface area contributed by atoms with E-state index in [-0.39, 0.29) is 17.4 Å². The third-order valence-corrected chi connectivity index (χ3v) is 5.57. The summed E-state index contributed by atoms with van der Waals surface area (Å²) in [6.07, 6.45) is 0.420. The molecule has 1 atom stereocenters. The van der Waals surface area contributed by atoms with E-state index in [4.69, 9.17) is 0 Å². The van der Waals surface area contributed by atoms with Gasteiger partial charge in [0, 0.05) is 12.1 Å². The van der Waals surface area contributed by atoms with Crippen LogP contribution in [0, 0.1) is 0 Å². The molecule has 0 aliphatic rings. The molecule has 31 heavy (non-hydrogen) atoms. The average Bonchev–Trinajstić information content (AvgIpc) is 2.79. The molecule has 0 spiro atoms. The van der Waals surface area contributed by atoms with Crippen LogP contribution in [0.1, 0.15) is 39.9 Å². The van der Waals surface area contributed by atoms with Crippen molar-refractivity contribution in [1.29, 1.82) is 0 Å². The summed E-state index contributed by atoms with van der Waals surface area (Å²) in [4.78, 5) is 24.6. The molecule has 0 aliphatic carbocycles. The van der Waals surface area contributed by atoms with Crippen molar-refractivity contribution in [1.82, 2.24) is 0 Å². The van der Waals surface area contributed by atoms with E-state index in [9.17, 15) is 14.7 Å². The first-order chi connectivity index (χ1) is 15.0. The van der Waals surface area contributed by atoms with Gasteiger partial charge in [-0.2, -0.15) is 0 Å². The lowest BCUT2D eigenvalue weighted by molar-refractivity contribution is -0.117. The smallest absolute Gasteiger partial charge is 0.335 e. The number of nitrogens with one attached hydrogen (secondary N) is 1. The van der Waals surface area contributed by atoms with E-state index < -0.39 is 5.97 Å². The van der Waals surface area contributed by atoms with E-state index in [0.717, 1.165) is 21.9 Å². The maximum absolute atomic E-state index is 13.0. The molecule has 0 saturated heterocycles. The van der Waals surface area contributed by atoms with Gasteiger partial charge in [-0.25, -0.2) is 4.79 Å². The zero-order valence-corrected chi connectivity index (χ0v) is 17.2. The van der Waals surface area contributed by atoms with Crippen LogP contribution in [-0.4, -0.2) is 17.0 Å². The summed E-state index contributed by atoms with van der Waals surface area (Å²) in [6, 6.07) is 28.6. The van der Waals surface area contributed by atoms with Crippen molar-refractivity contribution in [3.63, 3.8) is 0 Å². The van der Waals surface area contributed by atoms with Gasteiger partial charge in [0.2, 0.25) is 5.91 Å². The van der Waals surface area contributed by atoms with Gasteiger partial charge in [-0.15, -0.1) is 0 Å². The van der Waals surface area contributed by atoms with Crippen LogP contribution in [-0.2, 0) is 11.2 Å². The van der Waals surface area contributed by atoms with Crippen LogP contribution >= 0.6 is 0 Å². The number of hydrogen-bond acceptors (Lipinski definition) is 2. The standard InChI is InChI=1S/C27H23NO3/c1-18(20-15-14-19-8-2-3-9-21(19)16-20)26(29)28-25-13-7-5-11-23(25)17-22-10-4-6-12-24(22)27(30)31/h2-16,18H,17H2,1H3,(H,28,29)(H,30,31). The first-order valence-electron chi connectivity index (χ1n) is 10.2. The molecule has 4 rings (SSSR count). The molecule has 0 saturated carbocycles. The largest absolute Gasteiger partial charge is 0.478 e. The number of benzene rings is 4. The Balaban J connectivity index is 1.57. The molecule has 1 amide bonds. The summed E-state index contributed by atoms with van der Waals surface area (Å²) in [5, 5.41) is 14.7. The number of fused-ring (bicyclic) bond motifs is 1. The number of anilines is 1. The fourth-order valence-electron chi connectivity index (χ4n) is 3.75. The van der Waals surface area contributed by atoms with Crippen LogP contribution in [0.15, 0.2) is 91.0 Å². The number of carboxylic acids is 1. The summed E-state index contributed by atoms with van der Waals surface area (Å²) >= 11 is 0. The highest BCUT2D eigenvalue weighted by Gasteiger charge is 2.18. The fourth-order valence-corrected chi connectivity index (χ4v) is 3.75. The molecular formula is C27H23NO3. The summed E-state index contributed by atoms with van der Waals surface area (Å²) in [7, 11) is 0. The Morgan fingerprint density at radius 1 is 0.806 bits per heavy atom. The molecule has 1 unspecified atom stereocenters. The minimum absolute atomic E-state index is 0.103. The van der Waals surface area contributed by atoms with Crippen LogP contribution in [0.3, 0.4) is 0 Å². The molecule has 4 aromatic carbocycles. The topological polar surface area (TPSA) is 66.4 Å². The van der Waals surface area contributed by atoms with E-state index in [2.05, 4.69) is 17.4 Å². The Kier molecular flexibility index (Phi) is 5.80. The summed E-state index contributed by atoms with van der Waals surface area (Å²) in [5.41, 5.74) is 3.49. The number of carboxylic acid groups (broad SMARTS) is 1. The Bertz CT molecular complexity index is 1260. The number of hydrogen-bond donors (Lipinski definition) is 2. The van der Waals surface area contributed by atoms with E-state index in [0.29, 0.717) is 17.7 Å². The Labute approximate surface area is 181 Å². The maximum Gasteiger partial charge on any atom is 0.335 e. The van der Waals surface area contributed by atoms with Gasteiger partial charge in [-0.3, -0.25) is 4.79 Å². The number of para-hydroxylation sites is 1. The first kappa shape index (κ1) is 20.4. The number of amides is 1. The van der Waals surface area contributed by atoms with Crippen LogP contribution in [0.5, 0.6) is 0 Å². The van der Waals surface area contributed by atoms with Crippen LogP contribution in [0.25, 0.3) is 10.8 Å². The highest BCUT2D eigenvalue weighted by Crippen LogP contribution is 2.25. The van der Waals surface area contributed by atoms with Crippen molar-refractivity contribution in [3.05, 3.63) is 113 Å². The van der Waals surface area contributed by atoms with Crippen LogP contribution in [0.2, 0.25) is 0 Å². The third kappa shape index (κ3) is 4.48. The van der Waals surface area contributed by atoms with E-state index in [1.807, 2.05) is 67.6 Å². The second-order valence-electron chi connectivity index (χ2n) is 7.61. The van der Waals surface area contributed by atoms with Gasteiger partial charge >= 0.3 is 5.97 Å². The maximum atomic E-state index is 13.0. The number of carbonyl (C=O) groups is 2. The third-order valence-electron chi connectivity index (χ3n) is 5.57. The minimum atomic E-state index is -0.956. The van der Waals surface area contributed by atoms with Gasteiger partial charge in [-0.1, -0.05) is 78.9 Å². The van der Waals surface area contributed by atoms with Crippen LogP contribution < -0.4 is 5.32 Å². The van der Waals surface area contributed by atoms with Crippen molar-refractivity contribution in [2.24, 2.45) is 0 Å². The number of carbonyl (C=O) groups excluding carboxylic acids is 1. The van der Waals surface area contributed by atoms with Gasteiger partial charge in [0.15, 0.2) is 0 Å². The minimum Gasteiger partial charge on any atom is -0.478 e. The first-order valence-corrected chi connectivity index (χ1v) is 10.2. The van der Waals surface area contributed by atoms with Gasteiger partial charge in [0.05, 0.1) is 11.5 Å². The van der Waals surface area contributed by atoms with Crippen molar-refractivity contribution in [3.8, 4) is 0 Å². The Hall–Kier alpha value is -3.92. The average molecular weight is 409 g/mol. The van der Waals surface area contributed by atoms with E-state index in [1.54, 1.807) is 18.2 Å². The van der Waals surface area contributed by atoms with Crippen molar-refractivity contribution >= 4 is 28.3 Å². The van der Waals surface area contributed by atoms with Gasteiger partial charge in [-0.05, 0) is 46.5 Å². The number of rotatable bonds is 6. The SMILES string of the molecule is CC(C(=O)Nc1ccccc1Cc1ccccc1C(=O)O)c1ccc2ccccc2c1. The second-order valence-corrected chi connectivity index (χ2v) is 7.61. The molecule has 4 aromatic rings. The lowest BCUT2D eigenvalue weighted by Crippen LogP contribution is -2.20. The van der Waals surface area contributed by atoms with Crippen molar-refractivity contribution in [2.75, 3.05) is 5.32 Å². The fraction of sp³-hybridized carbons (Fsp3) is 0.111. The molecule has 4 nitrogen and oxygen atoms in total. The zero-order chi connectivity index (χ0) is 21.8. The molecular weight excluding hydrogens is 386 g/mol. The van der Waals surface area contributed by atoms with Gasteiger partial charge < -0.3 is 10.4 Å². The van der Waals surface area contributed by atoms with Crippen LogP contribution in [0.4, 0.5) is 5.69 Å². The number of aromatic carboxylic acids is 1. The van der Waals surface area contributed by atoms with Gasteiger partial charge in [0.25, 0.3) is 0 Å². The Morgan fingerprint density at radius 2 is 1.45 bits per heavy atom. The van der Waals surface area contributed by atoms with E-state index in [1.165, 1.54) is 0 Å². The lowest BCUT2D eigenvalue weighted by atomic mass is 9.96. The molecule has 0 aromatic heterocycles. The predicted molar refractivity (Wildman–Crippen MR) is 124 cm³/mol.